The van der Waals surface area contributed by atoms with E-state index in [9.17, 15) is 22.8 Å². The Hall–Kier alpha value is -2.62. The first-order valence-corrected chi connectivity index (χ1v) is 7.43. The van der Waals surface area contributed by atoms with Crippen molar-refractivity contribution in [2.24, 2.45) is 0 Å². The molecule has 11 heteroatoms. The van der Waals surface area contributed by atoms with Crippen LogP contribution >= 0.6 is 11.6 Å². The van der Waals surface area contributed by atoms with Crippen LogP contribution in [0.1, 0.15) is 18.9 Å². The van der Waals surface area contributed by atoms with Crippen molar-refractivity contribution in [1.29, 1.82) is 0 Å². The van der Waals surface area contributed by atoms with Gasteiger partial charge in [0.05, 0.1) is 22.5 Å². The molecule has 134 valence electrons. The van der Waals surface area contributed by atoms with Gasteiger partial charge in [-0.15, -0.1) is 5.10 Å². The molecule has 1 heterocycles. The average molecular weight is 376 g/mol. The minimum atomic E-state index is -4.55. The van der Waals surface area contributed by atoms with Gasteiger partial charge in [0, 0.05) is 6.42 Å². The van der Waals surface area contributed by atoms with Crippen molar-refractivity contribution in [3.63, 3.8) is 0 Å². The highest BCUT2D eigenvalue weighted by Gasteiger charge is 2.31. The van der Waals surface area contributed by atoms with E-state index in [1.54, 1.807) is 6.92 Å². The van der Waals surface area contributed by atoms with Gasteiger partial charge in [-0.1, -0.05) is 23.7 Å². The third-order valence-electron chi connectivity index (χ3n) is 3.00. The monoisotopic (exact) mass is 375 g/mol. The molecule has 0 aliphatic heterocycles. The molecule has 0 spiro atoms. The van der Waals surface area contributed by atoms with Crippen molar-refractivity contribution in [3.05, 3.63) is 35.0 Å². The predicted molar refractivity (Wildman–Crippen MR) is 84.0 cm³/mol. The summed E-state index contributed by atoms with van der Waals surface area (Å²) in [4.78, 5) is 23.2. The Morgan fingerprint density at radius 3 is 2.60 bits per heavy atom. The summed E-state index contributed by atoms with van der Waals surface area (Å²) in [7, 11) is 0. The number of hydrogen-bond acceptors (Lipinski definition) is 4. The van der Waals surface area contributed by atoms with Gasteiger partial charge in [-0.25, -0.2) is 4.68 Å². The quantitative estimate of drug-likeness (QED) is 0.841. The summed E-state index contributed by atoms with van der Waals surface area (Å²) in [6.45, 7) is 1.34. The van der Waals surface area contributed by atoms with E-state index in [1.165, 1.54) is 6.20 Å². The first-order valence-electron chi connectivity index (χ1n) is 7.05. The lowest BCUT2D eigenvalue weighted by Crippen LogP contribution is -2.20. The minimum Gasteiger partial charge on any atom is -0.323 e. The second kappa shape index (κ2) is 7.51. The largest absolute Gasteiger partial charge is 0.416 e. The zero-order chi connectivity index (χ0) is 18.6. The highest BCUT2D eigenvalue weighted by molar-refractivity contribution is 6.33. The molecule has 0 bridgehead atoms. The normalized spacial score (nSPS) is 11.2. The Labute approximate surface area is 145 Å². The number of hydrogen-bond donors (Lipinski definition) is 2. The van der Waals surface area contributed by atoms with E-state index in [-0.39, 0.29) is 35.4 Å². The van der Waals surface area contributed by atoms with Crippen LogP contribution in [0.4, 0.5) is 24.7 Å². The lowest BCUT2D eigenvalue weighted by molar-refractivity contribution is -0.137. The SMILES string of the molecule is CCC(=O)Nc1cn(CC(=O)Nc2cc(C(F)(F)F)ccc2Cl)nn1. The minimum absolute atomic E-state index is 0.0316. The Balaban J connectivity index is 2.04. The second-order valence-electron chi connectivity index (χ2n) is 4.94. The fraction of sp³-hybridized carbons (Fsp3) is 0.286. The molecule has 7 nitrogen and oxygen atoms in total. The number of anilines is 2. The standard InChI is InChI=1S/C14H13ClF3N5O2/c1-2-12(24)20-11-6-23(22-21-11)7-13(25)19-10-5-8(14(16,17)18)3-4-9(10)15/h3-6H,2,7H2,1H3,(H,19,25)(H,20,24). The van der Waals surface area contributed by atoms with Gasteiger partial charge < -0.3 is 10.6 Å². The van der Waals surface area contributed by atoms with Gasteiger partial charge in [0.1, 0.15) is 6.54 Å². The maximum atomic E-state index is 12.7. The van der Waals surface area contributed by atoms with Crippen molar-refractivity contribution in [1.82, 2.24) is 15.0 Å². The van der Waals surface area contributed by atoms with Gasteiger partial charge in [0.25, 0.3) is 0 Å². The van der Waals surface area contributed by atoms with E-state index >= 15 is 0 Å². The third-order valence-corrected chi connectivity index (χ3v) is 3.33. The Morgan fingerprint density at radius 1 is 1.24 bits per heavy atom. The molecule has 2 rings (SSSR count). The van der Waals surface area contributed by atoms with Gasteiger partial charge in [0.2, 0.25) is 11.8 Å². The second-order valence-corrected chi connectivity index (χ2v) is 5.35. The Bertz CT molecular complexity index is 791. The van der Waals surface area contributed by atoms with Crippen LogP contribution in [0, 0.1) is 0 Å². The smallest absolute Gasteiger partial charge is 0.323 e. The lowest BCUT2D eigenvalue weighted by Gasteiger charge is -2.11. The maximum Gasteiger partial charge on any atom is 0.416 e. The van der Waals surface area contributed by atoms with Crippen molar-refractivity contribution < 1.29 is 22.8 Å². The van der Waals surface area contributed by atoms with Gasteiger partial charge in [-0.05, 0) is 18.2 Å². The fourth-order valence-corrected chi connectivity index (χ4v) is 1.96. The van der Waals surface area contributed by atoms with Crippen LogP contribution in [0.25, 0.3) is 0 Å². The van der Waals surface area contributed by atoms with Gasteiger partial charge in [-0.3, -0.25) is 9.59 Å². The number of nitrogens with one attached hydrogen (secondary N) is 2. The molecule has 0 saturated heterocycles. The summed E-state index contributed by atoms with van der Waals surface area (Å²) in [5, 5.41) is 12.0. The molecule has 0 aliphatic rings. The predicted octanol–water partition coefficient (Wildman–Crippen LogP) is 2.94. The third kappa shape index (κ3) is 5.18. The topological polar surface area (TPSA) is 88.9 Å². The number of alkyl halides is 3. The average Bonchev–Trinajstić information content (AvgIpc) is 2.95. The molecule has 0 saturated carbocycles. The molecule has 0 radical (unpaired) electrons. The maximum absolute atomic E-state index is 12.7. The Morgan fingerprint density at radius 2 is 1.96 bits per heavy atom. The number of nitrogens with zero attached hydrogens (tertiary/aromatic N) is 3. The van der Waals surface area contributed by atoms with Gasteiger partial charge in [-0.2, -0.15) is 13.2 Å². The summed E-state index contributed by atoms with van der Waals surface area (Å²) < 4.78 is 39.2. The van der Waals surface area contributed by atoms with Crippen LogP contribution in [0.3, 0.4) is 0 Å². The van der Waals surface area contributed by atoms with E-state index in [1.807, 2.05) is 0 Å². The van der Waals surface area contributed by atoms with E-state index in [2.05, 4.69) is 20.9 Å². The van der Waals surface area contributed by atoms with Crippen LogP contribution in [0.5, 0.6) is 0 Å². The molecular formula is C14H13ClF3N5O2. The van der Waals surface area contributed by atoms with Crippen LogP contribution in [-0.4, -0.2) is 26.8 Å². The molecule has 0 atom stereocenters. The summed E-state index contributed by atoms with van der Waals surface area (Å²) in [5.74, 6) is -0.761. The molecule has 2 amide bonds. The molecule has 1 aromatic carbocycles. The van der Waals surface area contributed by atoms with Gasteiger partial charge in [0.15, 0.2) is 5.82 Å². The van der Waals surface area contributed by atoms with E-state index in [0.29, 0.717) is 0 Å². The Kier molecular flexibility index (Phi) is 5.62. The first-order chi connectivity index (χ1) is 11.7. The summed E-state index contributed by atoms with van der Waals surface area (Å²) in [6.07, 6.45) is -2.98. The summed E-state index contributed by atoms with van der Waals surface area (Å²) >= 11 is 5.81. The van der Waals surface area contributed by atoms with Crippen molar-refractivity contribution in [3.8, 4) is 0 Å². The number of benzene rings is 1. The zero-order valence-electron chi connectivity index (χ0n) is 12.9. The number of halogens is 4. The number of rotatable bonds is 5. The number of carbonyl (C=O) groups is 2. The number of aromatic nitrogens is 3. The molecule has 2 aromatic rings. The highest BCUT2D eigenvalue weighted by atomic mass is 35.5. The van der Waals surface area contributed by atoms with Crippen LogP contribution in [0.15, 0.2) is 24.4 Å². The van der Waals surface area contributed by atoms with E-state index in [4.69, 9.17) is 11.6 Å². The highest BCUT2D eigenvalue weighted by Crippen LogP contribution is 2.33. The van der Waals surface area contributed by atoms with Crippen LogP contribution in [-0.2, 0) is 22.3 Å². The molecular weight excluding hydrogens is 363 g/mol. The number of carbonyl (C=O) groups excluding carboxylic acids is 2. The summed E-state index contributed by atoms with van der Waals surface area (Å²) in [6, 6.07) is 2.61. The first kappa shape index (κ1) is 18.7. The van der Waals surface area contributed by atoms with Crippen LogP contribution < -0.4 is 10.6 Å². The van der Waals surface area contributed by atoms with E-state index < -0.39 is 17.6 Å². The lowest BCUT2D eigenvalue weighted by atomic mass is 10.2. The van der Waals surface area contributed by atoms with Gasteiger partial charge >= 0.3 is 6.18 Å². The molecule has 1 aromatic heterocycles. The van der Waals surface area contributed by atoms with Crippen molar-refractivity contribution >= 4 is 34.9 Å². The van der Waals surface area contributed by atoms with Crippen molar-refractivity contribution in [2.45, 2.75) is 26.1 Å². The fourth-order valence-electron chi connectivity index (χ4n) is 1.80. The van der Waals surface area contributed by atoms with Crippen LogP contribution in [0.2, 0.25) is 5.02 Å². The van der Waals surface area contributed by atoms with Crippen molar-refractivity contribution in [2.75, 3.05) is 10.6 Å². The molecule has 25 heavy (non-hydrogen) atoms. The molecule has 0 unspecified atom stereocenters. The summed E-state index contributed by atoms with van der Waals surface area (Å²) in [5.41, 5.74) is -1.10. The molecule has 0 aliphatic carbocycles. The zero-order valence-corrected chi connectivity index (χ0v) is 13.6. The number of amides is 2. The molecule has 0 fully saturated rings. The van der Waals surface area contributed by atoms with E-state index in [0.717, 1.165) is 22.9 Å². The molecule has 2 N–H and O–H groups in total.